The molecule has 1 aliphatic rings. The van der Waals surface area contributed by atoms with Crippen molar-refractivity contribution in [1.29, 1.82) is 0 Å². The van der Waals surface area contributed by atoms with Crippen molar-refractivity contribution in [3.63, 3.8) is 0 Å². The van der Waals surface area contributed by atoms with Crippen LogP contribution in [0.25, 0.3) is 0 Å². The molecule has 1 N–H and O–H groups in total. The molecule has 0 radical (unpaired) electrons. The third-order valence-corrected chi connectivity index (χ3v) is 2.99. The highest BCUT2D eigenvalue weighted by atomic mass is 16.7. The quantitative estimate of drug-likeness (QED) is 0.473. The summed E-state index contributed by atoms with van der Waals surface area (Å²) in [5, 5.41) is 10.6. The zero-order chi connectivity index (χ0) is 18.5. The van der Waals surface area contributed by atoms with Crippen molar-refractivity contribution in [2.45, 2.75) is 51.8 Å². The van der Waals surface area contributed by atoms with Gasteiger partial charge in [0, 0.05) is 27.7 Å². The van der Waals surface area contributed by atoms with Gasteiger partial charge in [-0.05, 0) is 0 Å². The third kappa shape index (κ3) is 5.46. The SMILES string of the molecule is CC(=O)OC[C@H]1O[C@@](O)(COC(C)=O)[C@@H](OC(C)=O)[C@@H]1OC(C)=O. The zero-order valence-electron chi connectivity index (χ0n) is 13.8. The van der Waals surface area contributed by atoms with Crippen molar-refractivity contribution in [2.24, 2.45) is 0 Å². The fourth-order valence-electron chi connectivity index (χ4n) is 2.16. The Morgan fingerprint density at radius 2 is 1.46 bits per heavy atom. The highest BCUT2D eigenvalue weighted by molar-refractivity contribution is 5.68. The number of aliphatic hydroxyl groups is 1. The van der Waals surface area contributed by atoms with Crippen LogP contribution in [0.5, 0.6) is 0 Å². The molecule has 0 aromatic rings. The molecule has 0 spiro atoms. The molecule has 1 saturated heterocycles. The third-order valence-electron chi connectivity index (χ3n) is 2.99. The lowest BCUT2D eigenvalue weighted by atomic mass is 10.1. The van der Waals surface area contributed by atoms with E-state index in [0.717, 1.165) is 27.7 Å². The lowest BCUT2D eigenvalue weighted by Crippen LogP contribution is -2.50. The summed E-state index contributed by atoms with van der Waals surface area (Å²) < 4.78 is 24.9. The molecule has 0 bridgehead atoms. The van der Waals surface area contributed by atoms with Crippen LogP contribution in [-0.2, 0) is 42.9 Å². The summed E-state index contributed by atoms with van der Waals surface area (Å²) in [5.74, 6) is -5.11. The summed E-state index contributed by atoms with van der Waals surface area (Å²) in [7, 11) is 0. The summed E-state index contributed by atoms with van der Waals surface area (Å²) in [5.41, 5.74) is 0. The zero-order valence-corrected chi connectivity index (χ0v) is 13.8. The predicted octanol–water partition coefficient (Wildman–Crippen LogP) is -0.937. The maximum absolute atomic E-state index is 11.3. The van der Waals surface area contributed by atoms with Crippen LogP contribution in [-0.4, -0.2) is 66.3 Å². The molecular weight excluding hydrogens is 328 g/mol. The molecule has 24 heavy (non-hydrogen) atoms. The summed E-state index contributed by atoms with van der Waals surface area (Å²) in [6, 6.07) is 0. The summed E-state index contributed by atoms with van der Waals surface area (Å²) in [6.45, 7) is 3.42. The monoisotopic (exact) mass is 348 g/mol. The molecule has 1 rings (SSSR count). The topological polar surface area (TPSA) is 135 Å². The van der Waals surface area contributed by atoms with E-state index < -0.39 is 54.6 Å². The van der Waals surface area contributed by atoms with Crippen LogP contribution >= 0.6 is 0 Å². The van der Waals surface area contributed by atoms with Crippen LogP contribution in [0.1, 0.15) is 27.7 Å². The molecular formula is C14H20O10. The van der Waals surface area contributed by atoms with Crippen LogP contribution < -0.4 is 0 Å². The number of carbonyl (C=O) groups is 4. The second kappa shape index (κ2) is 8.06. The Morgan fingerprint density at radius 1 is 0.917 bits per heavy atom. The van der Waals surface area contributed by atoms with Crippen molar-refractivity contribution in [3.05, 3.63) is 0 Å². The second-order valence-electron chi connectivity index (χ2n) is 5.19. The molecule has 10 nitrogen and oxygen atoms in total. The Bertz CT molecular complexity index is 516. The van der Waals surface area contributed by atoms with Crippen LogP contribution in [0.3, 0.4) is 0 Å². The first-order chi connectivity index (χ1) is 11.0. The molecule has 0 saturated carbocycles. The van der Waals surface area contributed by atoms with Gasteiger partial charge in [-0.2, -0.15) is 0 Å². The van der Waals surface area contributed by atoms with Gasteiger partial charge in [0.05, 0.1) is 0 Å². The van der Waals surface area contributed by atoms with E-state index in [0.29, 0.717) is 0 Å². The molecule has 1 fully saturated rings. The maximum atomic E-state index is 11.3. The number of esters is 4. The van der Waals surface area contributed by atoms with Crippen LogP contribution in [0.15, 0.2) is 0 Å². The van der Waals surface area contributed by atoms with Crippen LogP contribution in [0.4, 0.5) is 0 Å². The summed E-state index contributed by atoms with van der Waals surface area (Å²) >= 11 is 0. The fraction of sp³-hybridized carbons (Fsp3) is 0.714. The molecule has 0 amide bonds. The minimum absolute atomic E-state index is 0.368. The van der Waals surface area contributed by atoms with Crippen LogP contribution in [0.2, 0.25) is 0 Å². The first-order valence-corrected chi connectivity index (χ1v) is 7.06. The average molecular weight is 348 g/mol. The van der Waals surface area contributed by atoms with E-state index >= 15 is 0 Å². The number of carbonyl (C=O) groups excluding carboxylic acids is 4. The van der Waals surface area contributed by atoms with Crippen molar-refractivity contribution in [3.8, 4) is 0 Å². The molecule has 1 heterocycles. The Hall–Kier alpha value is -2.20. The number of hydrogen-bond acceptors (Lipinski definition) is 10. The molecule has 0 unspecified atom stereocenters. The fourth-order valence-corrected chi connectivity index (χ4v) is 2.16. The number of hydrogen-bond donors (Lipinski definition) is 1. The molecule has 136 valence electrons. The van der Waals surface area contributed by atoms with Gasteiger partial charge in [0.25, 0.3) is 0 Å². The van der Waals surface area contributed by atoms with Gasteiger partial charge in [-0.1, -0.05) is 0 Å². The van der Waals surface area contributed by atoms with Gasteiger partial charge in [-0.15, -0.1) is 0 Å². The first-order valence-electron chi connectivity index (χ1n) is 7.06. The molecule has 0 aliphatic carbocycles. The van der Waals surface area contributed by atoms with Crippen molar-refractivity contribution in [1.82, 2.24) is 0 Å². The number of rotatable bonds is 6. The van der Waals surface area contributed by atoms with Gasteiger partial charge in [0.1, 0.15) is 19.3 Å². The van der Waals surface area contributed by atoms with Crippen LogP contribution in [0, 0.1) is 0 Å². The standard InChI is InChI=1S/C14H20O10/c1-7(15)20-5-11-12(22-9(3)17)13(23-10(4)18)14(19,24-11)6-21-8(2)16/h11-13,19H,5-6H2,1-4H3/t11-,12-,13+,14+/m1/s1. The Morgan fingerprint density at radius 3 is 1.92 bits per heavy atom. The van der Waals surface area contributed by atoms with E-state index in [4.69, 9.17) is 23.7 Å². The van der Waals surface area contributed by atoms with Gasteiger partial charge in [0.2, 0.25) is 5.79 Å². The van der Waals surface area contributed by atoms with E-state index in [1.165, 1.54) is 0 Å². The van der Waals surface area contributed by atoms with Gasteiger partial charge >= 0.3 is 23.9 Å². The Labute approximate surface area is 137 Å². The summed E-state index contributed by atoms with van der Waals surface area (Å²) in [4.78, 5) is 44.5. The predicted molar refractivity (Wildman–Crippen MR) is 74.2 cm³/mol. The highest BCUT2D eigenvalue weighted by Crippen LogP contribution is 2.34. The minimum atomic E-state index is -2.26. The molecule has 4 atom stereocenters. The molecule has 0 aromatic heterocycles. The normalized spacial score (nSPS) is 28.8. The van der Waals surface area contributed by atoms with E-state index in [1.807, 2.05) is 0 Å². The van der Waals surface area contributed by atoms with E-state index in [1.54, 1.807) is 0 Å². The highest BCUT2D eigenvalue weighted by Gasteiger charge is 2.59. The summed E-state index contributed by atoms with van der Waals surface area (Å²) in [6.07, 6.45) is -3.85. The van der Waals surface area contributed by atoms with Crippen molar-refractivity contribution < 1.29 is 48.0 Å². The van der Waals surface area contributed by atoms with E-state index in [2.05, 4.69) is 0 Å². The first kappa shape index (κ1) is 19.8. The second-order valence-corrected chi connectivity index (χ2v) is 5.19. The maximum Gasteiger partial charge on any atom is 0.303 e. The van der Waals surface area contributed by atoms with Crippen molar-refractivity contribution >= 4 is 23.9 Å². The Balaban J connectivity index is 3.07. The lowest BCUT2D eigenvalue weighted by Gasteiger charge is -2.28. The minimum Gasteiger partial charge on any atom is -0.463 e. The largest absolute Gasteiger partial charge is 0.463 e. The molecule has 0 aromatic carbocycles. The van der Waals surface area contributed by atoms with Gasteiger partial charge in [0.15, 0.2) is 12.2 Å². The average Bonchev–Trinajstić information content (AvgIpc) is 2.68. The lowest BCUT2D eigenvalue weighted by molar-refractivity contribution is -0.257. The van der Waals surface area contributed by atoms with Gasteiger partial charge in [-0.3, -0.25) is 19.2 Å². The molecule has 10 heteroatoms. The van der Waals surface area contributed by atoms with E-state index in [9.17, 15) is 24.3 Å². The Kier molecular flexibility index (Phi) is 6.67. The van der Waals surface area contributed by atoms with Gasteiger partial charge < -0.3 is 28.8 Å². The number of ether oxygens (including phenoxy) is 5. The van der Waals surface area contributed by atoms with E-state index in [-0.39, 0.29) is 6.61 Å². The van der Waals surface area contributed by atoms with Gasteiger partial charge in [-0.25, -0.2) is 0 Å². The van der Waals surface area contributed by atoms with Crippen molar-refractivity contribution in [2.75, 3.05) is 13.2 Å². The smallest absolute Gasteiger partial charge is 0.303 e. The molecule has 1 aliphatic heterocycles.